The molecule has 3 amide bonds. The van der Waals surface area contributed by atoms with Gasteiger partial charge in [-0.15, -0.1) is 0 Å². The van der Waals surface area contributed by atoms with E-state index in [0.29, 0.717) is 57.4 Å². The van der Waals surface area contributed by atoms with Crippen molar-refractivity contribution in [2.75, 3.05) is 32.4 Å². The van der Waals surface area contributed by atoms with Gasteiger partial charge in [0.25, 0.3) is 0 Å². The minimum absolute atomic E-state index is 0.0280. The van der Waals surface area contributed by atoms with Crippen molar-refractivity contribution in [1.29, 1.82) is 0 Å². The molecule has 32 heavy (non-hydrogen) atoms. The van der Waals surface area contributed by atoms with Gasteiger partial charge in [0.15, 0.2) is 9.84 Å². The third-order valence-corrected chi connectivity index (χ3v) is 7.79. The first-order chi connectivity index (χ1) is 14.9. The minimum Gasteiger partial charge on any atom is -0.347 e. The molecule has 1 aromatic carbocycles. The van der Waals surface area contributed by atoms with Crippen LogP contribution in [-0.2, 0) is 27.2 Å². The summed E-state index contributed by atoms with van der Waals surface area (Å²) in [5.74, 6) is 0.181. The van der Waals surface area contributed by atoms with Crippen LogP contribution >= 0.6 is 0 Å². The Morgan fingerprint density at radius 1 is 1.19 bits per heavy atom. The number of likely N-dealkylation sites (tertiary alicyclic amines) is 2. The second-order valence-electron chi connectivity index (χ2n) is 9.20. The number of urea groups is 1. The van der Waals surface area contributed by atoms with Gasteiger partial charge < -0.3 is 15.1 Å². The van der Waals surface area contributed by atoms with Gasteiger partial charge in [-0.05, 0) is 49.3 Å². The summed E-state index contributed by atoms with van der Waals surface area (Å²) >= 11 is 0. The largest absolute Gasteiger partial charge is 0.417 e. The molecule has 7 nitrogen and oxygen atoms in total. The highest BCUT2D eigenvalue weighted by atomic mass is 32.2. The molecule has 176 valence electrons. The van der Waals surface area contributed by atoms with E-state index in [2.05, 4.69) is 5.32 Å². The van der Waals surface area contributed by atoms with Gasteiger partial charge in [0.05, 0.1) is 16.0 Å². The predicted octanol–water partition coefficient (Wildman–Crippen LogP) is 2.45. The van der Waals surface area contributed by atoms with Crippen LogP contribution in [0.3, 0.4) is 0 Å². The van der Waals surface area contributed by atoms with Gasteiger partial charge in [0.2, 0.25) is 5.91 Å². The average molecular weight is 474 g/mol. The van der Waals surface area contributed by atoms with Crippen molar-refractivity contribution in [2.24, 2.45) is 5.92 Å². The maximum absolute atomic E-state index is 13.2. The summed E-state index contributed by atoms with van der Waals surface area (Å²) in [4.78, 5) is 27.0. The fourth-order valence-electron chi connectivity index (χ4n) is 4.93. The normalized spacial score (nSPS) is 21.6. The van der Waals surface area contributed by atoms with Gasteiger partial charge >= 0.3 is 12.2 Å². The Balaban J connectivity index is 1.33. The zero-order valence-electron chi connectivity index (χ0n) is 17.7. The first-order valence-electron chi connectivity index (χ1n) is 10.6. The Morgan fingerprint density at radius 3 is 2.38 bits per heavy atom. The lowest BCUT2D eigenvalue weighted by atomic mass is 9.88. The molecule has 0 aliphatic carbocycles. The van der Waals surface area contributed by atoms with E-state index in [1.54, 1.807) is 9.80 Å². The molecular formula is C21H26F3N3O4S. The van der Waals surface area contributed by atoms with Crippen LogP contribution in [0.4, 0.5) is 18.0 Å². The third-order valence-electron chi connectivity index (χ3n) is 6.65. The molecule has 0 bridgehead atoms. The number of carbonyl (C=O) groups is 2. The Labute approximate surface area is 184 Å². The number of sulfone groups is 1. The van der Waals surface area contributed by atoms with Gasteiger partial charge in [0.1, 0.15) is 0 Å². The van der Waals surface area contributed by atoms with Crippen LogP contribution in [0.15, 0.2) is 23.1 Å². The molecule has 0 atom stereocenters. The number of hydrogen-bond donors (Lipinski definition) is 1. The van der Waals surface area contributed by atoms with E-state index in [9.17, 15) is 31.2 Å². The van der Waals surface area contributed by atoms with Crippen molar-refractivity contribution in [3.05, 3.63) is 29.3 Å². The van der Waals surface area contributed by atoms with Gasteiger partial charge in [-0.3, -0.25) is 4.79 Å². The Morgan fingerprint density at radius 2 is 1.84 bits per heavy atom. The molecule has 0 aromatic heterocycles. The fraction of sp³-hybridized carbons (Fsp3) is 0.619. The maximum Gasteiger partial charge on any atom is 0.417 e. The fourth-order valence-corrected chi connectivity index (χ4v) is 5.88. The molecule has 1 aromatic rings. The second-order valence-corrected chi connectivity index (χ2v) is 11.2. The molecule has 4 rings (SSSR count). The van der Waals surface area contributed by atoms with Crippen molar-refractivity contribution in [1.82, 2.24) is 15.1 Å². The number of alkyl halides is 3. The molecule has 0 unspecified atom stereocenters. The third kappa shape index (κ3) is 4.57. The van der Waals surface area contributed by atoms with Crippen LogP contribution < -0.4 is 5.32 Å². The smallest absolute Gasteiger partial charge is 0.347 e. The number of nitrogens with one attached hydrogen (secondary N) is 1. The molecule has 1 N–H and O–H groups in total. The van der Waals surface area contributed by atoms with Crippen LogP contribution in [0.5, 0.6) is 0 Å². The van der Waals surface area contributed by atoms with Gasteiger partial charge in [0, 0.05) is 38.9 Å². The van der Waals surface area contributed by atoms with Crippen LogP contribution in [-0.4, -0.2) is 68.1 Å². The molecule has 3 aliphatic rings. The van der Waals surface area contributed by atoms with Gasteiger partial charge in [-0.2, -0.15) is 13.2 Å². The molecule has 3 heterocycles. The van der Waals surface area contributed by atoms with E-state index in [4.69, 9.17) is 0 Å². The summed E-state index contributed by atoms with van der Waals surface area (Å²) < 4.78 is 63.3. The highest BCUT2D eigenvalue weighted by Crippen LogP contribution is 2.36. The van der Waals surface area contributed by atoms with E-state index < -0.39 is 26.5 Å². The number of piperidine rings is 1. The highest BCUT2D eigenvalue weighted by Gasteiger charge is 2.50. The first kappa shape index (κ1) is 22.9. The van der Waals surface area contributed by atoms with E-state index >= 15 is 0 Å². The zero-order valence-corrected chi connectivity index (χ0v) is 18.6. The Kier molecular flexibility index (Phi) is 5.67. The van der Waals surface area contributed by atoms with Crippen molar-refractivity contribution >= 4 is 21.8 Å². The summed E-state index contributed by atoms with van der Waals surface area (Å²) in [6, 6.07) is 3.26. The number of amides is 3. The van der Waals surface area contributed by atoms with Gasteiger partial charge in [-0.1, -0.05) is 6.07 Å². The monoisotopic (exact) mass is 473 g/mol. The number of hydrogen-bond acceptors (Lipinski definition) is 4. The quantitative estimate of drug-likeness (QED) is 0.731. The highest BCUT2D eigenvalue weighted by molar-refractivity contribution is 7.90. The summed E-state index contributed by atoms with van der Waals surface area (Å²) in [6.45, 7) is 2.13. The van der Waals surface area contributed by atoms with Crippen LogP contribution in [0.2, 0.25) is 0 Å². The molecule has 3 fully saturated rings. The van der Waals surface area contributed by atoms with Crippen molar-refractivity contribution in [3.8, 4) is 0 Å². The first-order valence-corrected chi connectivity index (χ1v) is 12.5. The number of nitrogens with zero attached hydrogens (tertiary/aromatic N) is 2. The lowest BCUT2D eigenvalue weighted by Gasteiger charge is -2.49. The summed E-state index contributed by atoms with van der Waals surface area (Å²) in [6.07, 6.45) is -0.866. The van der Waals surface area contributed by atoms with E-state index in [1.807, 2.05) is 0 Å². The van der Waals surface area contributed by atoms with Crippen LogP contribution in [0, 0.1) is 5.92 Å². The van der Waals surface area contributed by atoms with Crippen molar-refractivity contribution < 1.29 is 31.2 Å². The van der Waals surface area contributed by atoms with Crippen molar-refractivity contribution in [2.45, 2.75) is 48.7 Å². The standard InChI is InChI=1S/C21H26F3N3O4S/c1-32(30,31)17-11-15(2-3-16(17)21(22,23)24)10-14-5-8-26(9-6-14)19(29)27-12-20(13-27)7-4-18(28)25-20/h2-3,11,14H,4-10,12-13H2,1H3,(H,25,28). The molecule has 0 saturated carbocycles. The maximum atomic E-state index is 13.2. The summed E-state index contributed by atoms with van der Waals surface area (Å²) in [7, 11) is -4.02. The molecule has 3 saturated heterocycles. The summed E-state index contributed by atoms with van der Waals surface area (Å²) in [5.41, 5.74) is -0.856. The second kappa shape index (κ2) is 7.93. The molecule has 3 aliphatic heterocycles. The minimum atomic E-state index is -4.74. The Bertz CT molecular complexity index is 1030. The van der Waals surface area contributed by atoms with Gasteiger partial charge in [-0.25, -0.2) is 13.2 Å². The lowest BCUT2D eigenvalue weighted by Crippen LogP contribution is -2.70. The predicted molar refractivity (Wildman–Crippen MR) is 110 cm³/mol. The molecular weight excluding hydrogens is 447 g/mol. The number of rotatable bonds is 3. The van der Waals surface area contributed by atoms with Crippen LogP contribution in [0.25, 0.3) is 0 Å². The Hall–Kier alpha value is -2.30. The van der Waals surface area contributed by atoms with E-state index in [0.717, 1.165) is 24.8 Å². The van der Waals surface area contributed by atoms with E-state index in [1.165, 1.54) is 6.07 Å². The molecule has 1 spiro atoms. The van der Waals surface area contributed by atoms with Crippen LogP contribution in [0.1, 0.15) is 36.8 Å². The number of benzene rings is 1. The number of halogens is 3. The topological polar surface area (TPSA) is 86.8 Å². The average Bonchev–Trinajstić information content (AvgIpc) is 3.07. The SMILES string of the molecule is CS(=O)(=O)c1cc(CC2CCN(C(=O)N3CC4(CCC(=O)N4)C3)CC2)ccc1C(F)(F)F. The van der Waals surface area contributed by atoms with E-state index in [-0.39, 0.29) is 23.4 Å². The van der Waals surface area contributed by atoms with Crippen molar-refractivity contribution in [3.63, 3.8) is 0 Å². The number of carbonyl (C=O) groups excluding carboxylic acids is 2. The summed E-state index contributed by atoms with van der Waals surface area (Å²) in [5, 5.41) is 2.95. The lowest BCUT2D eigenvalue weighted by molar-refractivity contribution is -0.139. The molecule has 0 radical (unpaired) electrons. The molecule has 11 heteroatoms. The zero-order chi connectivity index (χ0) is 23.3.